The van der Waals surface area contributed by atoms with Crippen LogP contribution in [0.4, 0.5) is 11.5 Å². The Morgan fingerprint density at radius 1 is 1.04 bits per heavy atom. The molecule has 6 nitrogen and oxygen atoms in total. The fourth-order valence-electron chi connectivity index (χ4n) is 3.28. The van der Waals surface area contributed by atoms with E-state index in [4.69, 9.17) is 0 Å². The van der Waals surface area contributed by atoms with Gasteiger partial charge in [-0.15, -0.1) is 5.10 Å². The summed E-state index contributed by atoms with van der Waals surface area (Å²) in [5.41, 5.74) is 3.16. The van der Waals surface area contributed by atoms with E-state index >= 15 is 0 Å². The largest absolute Gasteiger partial charge is 0.353 e. The van der Waals surface area contributed by atoms with Crippen LogP contribution in [0.2, 0.25) is 0 Å². The highest BCUT2D eigenvalue weighted by Gasteiger charge is 2.26. The lowest BCUT2D eigenvalue weighted by Gasteiger charge is -2.34. The lowest BCUT2D eigenvalue weighted by atomic mass is 10.2. The molecule has 2 aromatic rings. The standard InChI is InChI=1S/C20H25N5O/c1-15-2-6-17(7-3-15)21-20(26)14-24-10-12-25(13-11-24)19-9-8-18(22-23-19)16-4-5-16/h2-3,6-9,16H,4-5,10-14H2,1H3,(H,21,26). The van der Waals surface area contributed by atoms with E-state index in [-0.39, 0.29) is 5.91 Å². The van der Waals surface area contributed by atoms with E-state index in [2.05, 4.69) is 37.4 Å². The molecule has 2 aliphatic rings. The molecule has 2 heterocycles. The maximum absolute atomic E-state index is 12.2. The number of amides is 1. The van der Waals surface area contributed by atoms with Crippen LogP contribution in [0.1, 0.15) is 30.0 Å². The summed E-state index contributed by atoms with van der Waals surface area (Å²) in [6.45, 7) is 5.91. The first-order valence-electron chi connectivity index (χ1n) is 9.35. The second-order valence-corrected chi connectivity index (χ2v) is 7.27. The van der Waals surface area contributed by atoms with Crippen LogP contribution in [0.15, 0.2) is 36.4 Å². The van der Waals surface area contributed by atoms with Crippen molar-refractivity contribution in [3.05, 3.63) is 47.7 Å². The number of hydrogen-bond acceptors (Lipinski definition) is 5. The predicted octanol–water partition coefficient (Wildman–Crippen LogP) is 2.42. The quantitative estimate of drug-likeness (QED) is 0.896. The number of benzene rings is 1. The Balaban J connectivity index is 1.25. The van der Waals surface area contributed by atoms with Gasteiger partial charge in [0.05, 0.1) is 12.2 Å². The number of anilines is 2. The zero-order valence-corrected chi connectivity index (χ0v) is 15.2. The topological polar surface area (TPSA) is 61.4 Å². The maximum Gasteiger partial charge on any atom is 0.238 e. The van der Waals surface area contributed by atoms with Gasteiger partial charge in [-0.2, -0.15) is 5.10 Å². The molecule has 1 aliphatic heterocycles. The third-order valence-electron chi connectivity index (χ3n) is 5.07. The van der Waals surface area contributed by atoms with Gasteiger partial charge in [0.1, 0.15) is 0 Å². The van der Waals surface area contributed by atoms with Crippen LogP contribution in [0.5, 0.6) is 0 Å². The van der Waals surface area contributed by atoms with Crippen LogP contribution < -0.4 is 10.2 Å². The predicted molar refractivity (Wildman–Crippen MR) is 102 cm³/mol. The number of aryl methyl sites for hydroxylation is 1. The Hall–Kier alpha value is -2.47. The number of carbonyl (C=O) groups is 1. The van der Waals surface area contributed by atoms with Gasteiger partial charge in [-0.1, -0.05) is 17.7 Å². The summed E-state index contributed by atoms with van der Waals surface area (Å²) in [6.07, 6.45) is 2.49. The molecular formula is C20H25N5O. The van der Waals surface area contributed by atoms with Crippen molar-refractivity contribution in [2.45, 2.75) is 25.7 Å². The Morgan fingerprint density at radius 2 is 1.77 bits per heavy atom. The Bertz CT molecular complexity index is 747. The zero-order chi connectivity index (χ0) is 17.9. The molecule has 1 amide bonds. The first kappa shape index (κ1) is 17.0. The number of rotatable bonds is 5. The van der Waals surface area contributed by atoms with Crippen molar-refractivity contribution in [1.29, 1.82) is 0 Å². The molecule has 4 rings (SSSR count). The molecule has 1 aromatic carbocycles. The van der Waals surface area contributed by atoms with Gasteiger partial charge < -0.3 is 10.2 Å². The Kier molecular flexibility index (Phi) is 4.84. The highest BCUT2D eigenvalue weighted by atomic mass is 16.2. The molecule has 2 fully saturated rings. The van der Waals surface area contributed by atoms with Gasteiger partial charge in [0.15, 0.2) is 5.82 Å². The van der Waals surface area contributed by atoms with Crippen molar-refractivity contribution in [2.24, 2.45) is 0 Å². The first-order valence-corrected chi connectivity index (χ1v) is 9.35. The lowest BCUT2D eigenvalue weighted by molar-refractivity contribution is -0.117. The van der Waals surface area contributed by atoms with Crippen molar-refractivity contribution < 1.29 is 4.79 Å². The summed E-state index contributed by atoms with van der Waals surface area (Å²) in [6, 6.07) is 12.1. The highest BCUT2D eigenvalue weighted by molar-refractivity contribution is 5.92. The van der Waals surface area contributed by atoms with Gasteiger partial charge in [0.25, 0.3) is 0 Å². The molecule has 0 unspecified atom stereocenters. The van der Waals surface area contributed by atoms with E-state index < -0.39 is 0 Å². The van der Waals surface area contributed by atoms with Crippen molar-refractivity contribution in [3.63, 3.8) is 0 Å². The normalized spacial score (nSPS) is 18.0. The van der Waals surface area contributed by atoms with E-state index in [9.17, 15) is 4.79 Å². The molecule has 1 aliphatic carbocycles. The molecule has 1 saturated heterocycles. The molecule has 1 saturated carbocycles. The SMILES string of the molecule is Cc1ccc(NC(=O)CN2CCN(c3ccc(C4CC4)nn3)CC2)cc1. The minimum absolute atomic E-state index is 0.0379. The Morgan fingerprint density at radius 3 is 2.38 bits per heavy atom. The smallest absolute Gasteiger partial charge is 0.238 e. The van der Waals surface area contributed by atoms with Gasteiger partial charge >= 0.3 is 0 Å². The summed E-state index contributed by atoms with van der Waals surface area (Å²) in [5.74, 6) is 1.62. The van der Waals surface area contributed by atoms with Crippen LogP contribution in [0.3, 0.4) is 0 Å². The van der Waals surface area contributed by atoms with Gasteiger partial charge in [-0.25, -0.2) is 0 Å². The molecule has 6 heteroatoms. The summed E-state index contributed by atoms with van der Waals surface area (Å²) < 4.78 is 0. The van der Waals surface area contributed by atoms with Crippen molar-refractivity contribution in [2.75, 3.05) is 42.9 Å². The van der Waals surface area contributed by atoms with Crippen LogP contribution in [0.25, 0.3) is 0 Å². The number of hydrogen-bond donors (Lipinski definition) is 1. The van der Waals surface area contributed by atoms with Gasteiger partial charge in [0.2, 0.25) is 5.91 Å². The number of carbonyl (C=O) groups excluding carboxylic acids is 1. The van der Waals surface area contributed by atoms with Crippen molar-refractivity contribution in [1.82, 2.24) is 15.1 Å². The fraction of sp³-hybridized carbons (Fsp3) is 0.450. The summed E-state index contributed by atoms with van der Waals surface area (Å²) in [7, 11) is 0. The van der Waals surface area contributed by atoms with Crippen LogP contribution in [-0.2, 0) is 4.79 Å². The van der Waals surface area contributed by atoms with Crippen molar-refractivity contribution >= 4 is 17.4 Å². The van der Waals surface area contributed by atoms with Gasteiger partial charge in [-0.3, -0.25) is 9.69 Å². The fourth-order valence-corrected chi connectivity index (χ4v) is 3.28. The van der Waals surface area contributed by atoms with Crippen LogP contribution >= 0.6 is 0 Å². The summed E-state index contributed by atoms with van der Waals surface area (Å²) in [4.78, 5) is 16.7. The molecule has 136 valence electrons. The second-order valence-electron chi connectivity index (χ2n) is 7.27. The minimum atomic E-state index is 0.0379. The molecule has 26 heavy (non-hydrogen) atoms. The number of aromatic nitrogens is 2. The van der Waals surface area contributed by atoms with Crippen molar-refractivity contribution in [3.8, 4) is 0 Å². The van der Waals surface area contributed by atoms with Crippen LogP contribution in [-0.4, -0.2) is 53.7 Å². The molecule has 0 atom stereocenters. The molecule has 0 spiro atoms. The molecule has 0 bridgehead atoms. The van der Waals surface area contributed by atoms with Crippen LogP contribution in [0, 0.1) is 6.92 Å². The molecule has 0 radical (unpaired) electrons. The van der Waals surface area contributed by atoms with E-state index in [0.29, 0.717) is 12.5 Å². The number of piperazine rings is 1. The number of nitrogens with zero attached hydrogens (tertiary/aromatic N) is 4. The lowest BCUT2D eigenvalue weighted by Crippen LogP contribution is -2.49. The summed E-state index contributed by atoms with van der Waals surface area (Å²) >= 11 is 0. The minimum Gasteiger partial charge on any atom is -0.353 e. The average molecular weight is 351 g/mol. The first-order chi connectivity index (χ1) is 12.7. The Labute approximate surface area is 154 Å². The van der Waals surface area contributed by atoms with E-state index in [1.807, 2.05) is 31.2 Å². The molecule has 1 aromatic heterocycles. The molecule has 1 N–H and O–H groups in total. The van der Waals surface area contributed by atoms with E-state index in [1.54, 1.807) is 0 Å². The van der Waals surface area contributed by atoms with Gasteiger partial charge in [-0.05, 0) is 44.0 Å². The van der Waals surface area contributed by atoms with Gasteiger partial charge in [0, 0.05) is 37.8 Å². The monoisotopic (exact) mass is 351 g/mol. The third kappa shape index (κ3) is 4.19. The third-order valence-corrected chi connectivity index (χ3v) is 5.07. The second kappa shape index (κ2) is 7.41. The number of nitrogens with one attached hydrogen (secondary N) is 1. The maximum atomic E-state index is 12.2. The average Bonchev–Trinajstić information content (AvgIpc) is 3.50. The van der Waals surface area contributed by atoms with E-state index in [0.717, 1.165) is 43.4 Å². The highest BCUT2D eigenvalue weighted by Crippen LogP contribution is 2.38. The molecular weight excluding hydrogens is 326 g/mol. The van der Waals surface area contributed by atoms with E-state index in [1.165, 1.54) is 18.4 Å². The zero-order valence-electron chi connectivity index (χ0n) is 15.2. The summed E-state index contributed by atoms with van der Waals surface area (Å²) in [5, 5.41) is 11.7.